The first-order valence-electron chi connectivity index (χ1n) is 7.10. The van der Waals surface area contributed by atoms with Gasteiger partial charge < -0.3 is 5.32 Å². The summed E-state index contributed by atoms with van der Waals surface area (Å²) in [6, 6.07) is 10.1. The zero-order valence-electron chi connectivity index (χ0n) is 12.9. The van der Waals surface area contributed by atoms with E-state index in [4.69, 9.17) is 0 Å². The average molecular weight is 346 g/mol. The molecule has 0 unspecified atom stereocenters. The van der Waals surface area contributed by atoms with E-state index in [-0.39, 0.29) is 5.91 Å². The maximum Gasteiger partial charge on any atom is 0.256 e. The van der Waals surface area contributed by atoms with Crippen molar-refractivity contribution in [3.63, 3.8) is 0 Å². The van der Waals surface area contributed by atoms with Gasteiger partial charge in [0.1, 0.15) is 0 Å². The van der Waals surface area contributed by atoms with Crippen LogP contribution in [0.1, 0.15) is 39.5 Å². The third-order valence-electron chi connectivity index (χ3n) is 3.59. The van der Waals surface area contributed by atoms with Crippen LogP contribution >= 0.6 is 15.9 Å². The fraction of sp³-hybridized carbons (Fsp3) is 0.278. The van der Waals surface area contributed by atoms with E-state index in [2.05, 4.69) is 28.2 Å². The SMILES string of the molecule is CCc1ccc(NC(=O)c2c(C)cc(C)cc2C)c(Br)c1. The fourth-order valence-electron chi connectivity index (χ4n) is 2.60. The number of aryl methyl sites for hydroxylation is 4. The summed E-state index contributed by atoms with van der Waals surface area (Å²) in [6.45, 7) is 8.11. The summed E-state index contributed by atoms with van der Waals surface area (Å²) in [4.78, 5) is 12.5. The second-order valence-corrected chi connectivity index (χ2v) is 6.25. The lowest BCUT2D eigenvalue weighted by Crippen LogP contribution is -2.15. The van der Waals surface area contributed by atoms with Crippen LogP contribution in [0.25, 0.3) is 0 Å². The largest absolute Gasteiger partial charge is 0.321 e. The Kier molecular flexibility index (Phi) is 4.84. The lowest BCUT2D eigenvalue weighted by atomic mass is 9.99. The first-order valence-corrected chi connectivity index (χ1v) is 7.89. The van der Waals surface area contributed by atoms with E-state index in [1.165, 1.54) is 11.1 Å². The zero-order chi connectivity index (χ0) is 15.6. The molecular formula is C18H20BrNO. The Balaban J connectivity index is 2.30. The molecule has 2 aromatic rings. The van der Waals surface area contributed by atoms with Gasteiger partial charge in [-0.15, -0.1) is 0 Å². The highest BCUT2D eigenvalue weighted by molar-refractivity contribution is 9.10. The van der Waals surface area contributed by atoms with Gasteiger partial charge in [0.05, 0.1) is 5.69 Å². The number of carbonyl (C=O) groups excluding carboxylic acids is 1. The van der Waals surface area contributed by atoms with E-state index in [0.717, 1.165) is 33.3 Å². The summed E-state index contributed by atoms with van der Waals surface area (Å²) < 4.78 is 0.914. The van der Waals surface area contributed by atoms with E-state index in [1.54, 1.807) is 0 Å². The summed E-state index contributed by atoms with van der Waals surface area (Å²) in [5.74, 6) is -0.0602. The molecule has 0 aliphatic heterocycles. The molecule has 0 bridgehead atoms. The number of hydrogen-bond acceptors (Lipinski definition) is 1. The van der Waals surface area contributed by atoms with Crippen molar-refractivity contribution in [2.75, 3.05) is 5.32 Å². The van der Waals surface area contributed by atoms with E-state index in [0.29, 0.717) is 0 Å². The van der Waals surface area contributed by atoms with Gasteiger partial charge in [0, 0.05) is 10.0 Å². The number of halogens is 1. The van der Waals surface area contributed by atoms with Crippen molar-refractivity contribution in [1.82, 2.24) is 0 Å². The Morgan fingerprint density at radius 3 is 2.24 bits per heavy atom. The predicted octanol–water partition coefficient (Wildman–Crippen LogP) is 5.19. The van der Waals surface area contributed by atoms with Crippen LogP contribution in [0.4, 0.5) is 5.69 Å². The molecule has 0 heterocycles. The molecule has 2 rings (SSSR count). The molecule has 21 heavy (non-hydrogen) atoms. The van der Waals surface area contributed by atoms with Crippen molar-refractivity contribution in [3.05, 3.63) is 62.6 Å². The van der Waals surface area contributed by atoms with Crippen molar-refractivity contribution in [3.8, 4) is 0 Å². The van der Waals surface area contributed by atoms with E-state index >= 15 is 0 Å². The van der Waals surface area contributed by atoms with Crippen LogP contribution in [0.2, 0.25) is 0 Å². The van der Waals surface area contributed by atoms with Gasteiger partial charge in [0.15, 0.2) is 0 Å². The number of carbonyl (C=O) groups is 1. The molecule has 0 saturated carbocycles. The van der Waals surface area contributed by atoms with Crippen molar-refractivity contribution in [1.29, 1.82) is 0 Å². The van der Waals surface area contributed by atoms with Crippen LogP contribution in [0.5, 0.6) is 0 Å². The summed E-state index contributed by atoms with van der Waals surface area (Å²) in [7, 11) is 0. The molecule has 0 radical (unpaired) electrons. The Hall–Kier alpha value is -1.61. The Bertz CT molecular complexity index is 669. The molecule has 3 heteroatoms. The first-order chi connectivity index (χ1) is 9.92. The minimum atomic E-state index is -0.0602. The molecule has 1 amide bonds. The highest BCUT2D eigenvalue weighted by atomic mass is 79.9. The van der Waals surface area contributed by atoms with Gasteiger partial charge in [-0.1, -0.05) is 30.7 Å². The summed E-state index contributed by atoms with van der Waals surface area (Å²) in [5, 5.41) is 2.99. The third-order valence-corrected chi connectivity index (χ3v) is 4.25. The molecule has 0 saturated heterocycles. The van der Waals surface area contributed by atoms with Crippen molar-refractivity contribution >= 4 is 27.5 Å². The smallest absolute Gasteiger partial charge is 0.256 e. The molecule has 0 spiro atoms. The minimum Gasteiger partial charge on any atom is -0.321 e. The van der Waals surface area contributed by atoms with Gasteiger partial charge in [-0.05, 0) is 71.9 Å². The Labute approximate surface area is 134 Å². The van der Waals surface area contributed by atoms with Gasteiger partial charge in [-0.3, -0.25) is 4.79 Å². The molecule has 2 aromatic carbocycles. The third kappa shape index (κ3) is 3.53. The summed E-state index contributed by atoms with van der Waals surface area (Å²) in [5.41, 5.74) is 5.99. The van der Waals surface area contributed by atoms with Crippen LogP contribution in [0.15, 0.2) is 34.8 Å². The molecule has 0 aliphatic carbocycles. The van der Waals surface area contributed by atoms with E-state index in [9.17, 15) is 4.79 Å². The highest BCUT2D eigenvalue weighted by Crippen LogP contribution is 2.25. The number of hydrogen-bond donors (Lipinski definition) is 1. The number of anilines is 1. The highest BCUT2D eigenvalue weighted by Gasteiger charge is 2.14. The minimum absolute atomic E-state index is 0.0602. The van der Waals surface area contributed by atoms with Crippen molar-refractivity contribution < 1.29 is 4.79 Å². The molecule has 0 aliphatic rings. The number of nitrogens with one attached hydrogen (secondary N) is 1. The van der Waals surface area contributed by atoms with Gasteiger partial charge in [-0.2, -0.15) is 0 Å². The van der Waals surface area contributed by atoms with Gasteiger partial charge in [0.2, 0.25) is 0 Å². The predicted molar refractivity (Wildman–Crippen MR) is 92.1 cm³/mol. The quantitative estimate of drug-likeness (QED) is 0.814. The van der Waals surface area contributed by atoms with Crippen LogP contribution < -0.4 is 5.32 Å². The number of amides is 1. The molecule has 0 aromatic heterocycles. The van der Waals surface area contributed by atoms with Crippen LogP contribution in [-0.2, 0) is 6.42 Å². The molecule has 0 atom stereocenters. The molecule has 1 N–H and O–H groups in total. The van der Waals surface area contributed by atoms with Crippen LogP contribution in [0.3, 0.4) is 0 Å². The lowest BCUT2D eigenvalue weighted by molar-refractivity contribution is 0.102. The van der Waals surface area contributed by atoms with Crippen LogP contribution in [-0.4, -0.2) is 5.91 Å². The normalized spacial score (nSPS) is 10.5. The Morgan fingerprint density at radius 1 is 1.10 bits per heavy atom. The maximum atomic E-state index is 12.5. The number of benzene rings is 2. The molecular weight excluding hydrogens is 326 g/mol. The van der Waals surface area contributed by atoms with Gasteiger partial charge in [-0.25, -0.2) is 0 Å². The molecule has 110 valence electrons. The van der Waals surface area contributed by atoms with Gasteiger partial charge in [0.25, 0.3) is 5.91 Å². The standard InChI is InChI=1S/C18H20BrNO/c1-5-14-6-7-16(15(19)10-14)20-18(21)17-12(3)8-11(2)9-13(17)4/h6-10H,5H2,1-4H3,(H,20,21). The second kappa shape index (κ2) is 6.44. The maximum absolute atomic E-state index is 12.5. The lowest BCUT2D eigenvalue weighted by Gasteiger charge is -2.13. The zero-order valence-corrected chi connectivity index (χ0v) is 14.5. The number of rotatable bonds is 3. The topological polar surface area (TPSA) is 29.1 Å². The Morgan fingerprint density at radius 2 is 1.71 bits per heavy atom. The van der Waals surface area contributed by atoms with E-state index in [1.807, 2.05) is 51.1 Å². The second-order valence-electron chi connectivity index (χ2n) is 5.40. The van der Waals surface area contributed by atoms with Crippen molar-refractivity contribution in [2.45, 2.75) is 34.1 Å². The van der Waals surface area contributed by atoms with E-state index < -0.39 is 0 Å². The monoisotopic (exact) mass is 345 g/mol. The molecule has 0 fully saturated rings. The van der Waals surface area contributed by atoms with Crippen molar-refractivity contribution in [2.24, 2.45) is 0 Å². The molecule has 2 nitrogen and oxygen atoms in total. The summed E-state index contributed by atoms with van der Waals surface area (Å²) >= 11 is 3.52. The summed E-state index contributed by atoms with van der Waals surface area (Å²) in [6.07, 6.45) is 0.975. The average Bonchev–Trinajstić information content (AvgIpc) is 2.39. The van der Waals surface area contributed by atoms with Gasteiger partial charge >= 0.3 is 0 Å². The fourth-order valence-corrected chi connectivity index (χ4v) is 3.13. The first kappa shape index (κ1) is 15.8. The van der Waals surface area contributed by atoms with Crippen LogP contribution in [0, 0.1) is 20.8 Å².